The van der Waals surface area contributed by atoms with Gasteiger partial charge in [0.05, 0.1) is 23.2 Å². The zero-order chi connectivity index (χ0) is 19.4. The van der Waals surface area contributed by atoms with Crippen LogP contribution in [-0.4, -0.2) is 65.7 Å². The van der Waals surface area contributed by atoms with Crippen LogP contribution in [0, 0.1) is 5.92 Å². The lowest BCUT2D eigenvalue weighted by molar-refractivity contribution is 0.460. The van der Waals surface area contributed by atoms with Crippen LogP contribution in [0.25, 0.3) is 0 Å². The van der Waals surface area contributed by atoms with Gasteiger partial charge in [-0.15, -0.1) is 0 Å². The van der Waals surface area contributed by atoms with Crippen LogP contribution >= 0.6 is 0 Å². The highest BCUT2D eigenvalue weighted by molar-refractivity contribution is 7.92. The minimum atomic E-state index is -3.14. The molecule has 2 heterocycles. The number of rotatable bonds is 6. The first-order valence-electron chi connectivity index (χ1n) is 9.35. The SMILES string of the molecule is CCNC(=NCCS(=O)(=O)C(C)(C)C)N1CCC(Cc2cnn(C)c2)C1. The number of hydrogen-bond acceptors (Lipinski definition) is 4. The van der Waals surface area contributed by atoms with Crippen molar-refractivity contribution in [3.63, 3.8) is 0 Å². The summed E-state index contributed by atoms with van der Waals surface area (Å²) in [6, 6.07) is 0. The van der Waals surface area contributed by atoms with E-state index in [1.54, 1.807) is 20.8 Å². The van der Waals surface area contributed by atoms with Crippen molar-refractivity contribution in [3.8, 4) is 0 Å². The van der Waals surface area contributed by atoms with Crippen molar-refractivity contribution < 1.29 is 8.42 Å². The average Bonchev–Trinajstić information content (AvgIpc) is 3.15. The zero-order valence-electron chi connectivity index (χ0n) is 16.7. The maximum absolute atomic E-state index is 12.3. The van der Waals surface area contributed by atoms with Crippen LogP contribution in [0.5, 0.6) is 0 Å². The lowest BCUT2D eigenvalue weighted by Crippen LogP contribution is -2.40. The molecule has 0 radical (unpaired) electrons. The molecule has 1 aliphatic heterocycles. The van der Waals surface area contributed by atoms with Gasteiger partial charge in [0.2, 0.25) is 0 Å². The van der Waals surface area contributed by atoms with Crippen molar-refractivity contribution in [3.05, 3.63) is 18.0 Å². The predicted octanol–water partition coefficient (Wildman–Crippen LogP) is 1.46. The molecule has 0 saturated carbocycles. The standard InChI is InChI=1S/C18H33N5O2S/c1-6-19-17(20-8-10-26(24,25)18(2,3)4)23-9-7-15(14-23)11-16-12-21-22(5)13-16/h12-13,15H,6-11,14H2,1-5H3,(H,19,20). The molecule has 7 nitrogen and oxygen atoms in total. The molecule has 148 valence electrons. The smallest absolute Gasteiger partial charge is 0.193 e. The molecule has 1 aromatic rings. The van der Waals surface area contributed by atoms with E-state index in [0.29, 0.717) is 12.5 Å². The summed E-state index contributed by atoms with van der Waals surface area (Å²) in [6.45, 7) is 10.2. The van der Waals surface area contributed by atoms with Crippen molar-refractivity contribution in [1.29, 1.82) is 0 Å². The number of aliphatic imine (C=N–C) groups is 1. The first-order chi connectivity index (χ1) is 12.1. The number of aromatic nitrogens is 2. The van der Waals surface area contributed by atoms with Crippen LogP contribution in [0.3, 0.4) is 0 Å². The van der Waals surface area contributed by atoms with Gasteiger partial charge in [0.25, 0.3) is 0 Å². The van der Waals surface area contributed by atoms with Crippen LogP contribution in [0.1, 0.15) is 39.7 Å². The second kappa shape index (κ2) is 8.41. The minimum absolute atomic E-state index is 0.0817. The third kappa shape index (κ3) is 5.46. The van der Waals surface area contributed by atoms with Crippen molar-refractivity contribution >= 4 is 15.8 Å². The summed E-state index contributed by atoms with van der Waals surface area (Å²) >= 11 is 0. The molecule has 1 atom stereocenters. The molecular weight excluding hydrogens is 350 g/mol. The summed E-state index contributed by atoms with van der Waals surface area (Å²) in [7, 11) is -1.21. The number of sulfone groups is 1. The second-order valence-corrected chi connectivity index (χ2v) is 10.9. The molecule has 0 aliphatic carbocycles. The van der Waals surface area contributed by atoms with Crippen LogP contribution in [-0.2, 0) is 23.3 Å². The summed E-state index contributed by atoms with van der Waals surface area (Å²) in [5.41, 5.74) is 1.26. The van der Waals surface area contributed by atoms with Crippen LogP contribution in [0.15, 0.2) is 17.4 Å². The third-order valence-electron chi connectivity index (χ3n) is 4.76. The number of likely N-dealkylation sites (tertiary alicyclic amines) is 1. The van der Waals surface area contributed by atoms with E-state index in [0.717, 1.165) is 38.4 Å². The maximum Gasteiger partial charge on any atom is 0.193 e. The van der Waals surface area contributed by atoms with E-state index in [1.807, 2.05) is 24.9 Å². The minimum Gasteiger partial charge on any atom is -0.357 e. The largest absolute Gasteiger partial charge is 0.357 e. The lowest BCUT2D eigenvalue weighted by Gasteiger charge is -2.22. The number of nitrogens with zero attached hydrogens (tertiary/aromatic N) is 4. The molecule has 0 spiro atoms. The van der Waals surface area contributed by atoms with Gasteiger partial charge in [-0.2, -0.15) is 5.10 Å². The molecule has 1 unspecified atom stereocenters. The monoisotopic (exact) mass is 383 g/mol. The Bertz CT molecular complexity index is 718. The Morgan fingerprint density at radius 1 is 1.42 bits per heavy atom. The summed E-state index contributed by atoms with van der Waals surface area (Å²) < 4.78 is 25.6. The molecule has 1 aliphatic rings. The summed E-state index contributed by atoms with van der Waals surface area (Å²) in [6.07, 6.45) is 6.13. The highest BCUT2D eigenvalue weighted by Crippen LogP contribution is 2.21. The molecule has 8 heteroatoms. The van der Waals surface area contributed by atoms with E-state index < -0.39 is 14.6 Å². The van der Waals surface area contributed by atoms with Gasteiger partial charge in [-0.05, 0) is 52.0 Å². The van der Waals surface area contributed by atoms with Crippen LogP contribution in [0.4, 0.5) is 0 Å². The Morgan fingerprint density at radius 3 is 2.73 bits per heavy atom. The lowest BCUT2D eigenvalue weighted by atomic mass is 10.0. The number of nitrogens with one attached hydrogen (secondary N) is 1. The first kappa shape index (κ1) is 20.7. The van der Waals surface area contributed by atoms with E-state index in [2.05, 4.69) is 26.5 Å². The maximum atomic E-state index is 12.3. The van der Waals surface area contributed by atoms with Crippen LogP contribution in [0.2, 0.25) is 0 Å². The zero-order valence-corrected chi connectivity index (χ0v) is 17.5. The molecule has 0 bridgehead atoms. The van der Waals surface area contributed by atoms with E-state index in [4.69, 9.17) is 0 Å². The Hall–Kier alpha value is -1.57. The molecule has 26 heavy (non-hydrogen) atoms. The third-order valence-corrected chi connectivity index (χ3v) is 7.34. The van der Waals surface area contributed by atoms with Gasteiger partial charge in [0, 0.05) is 32.9 Å². The van der Waals surface area contributed by atoms with Crippen molar-refractivity contribution in [1.82, 2.24) is 20.0 Å². The predicted molar refractivity (Wildman–Crippen MR) is 106 cm³/mol. The molecule has 1 N–H and O–H groups in total. The highest BCUT2D eigenvalue weighted by Gasteiger charge is 2.29. The Kier molecular flexibility index (Phi) is 6.71. The van der Waals surface area contributed by atoms with Crippen LogP contribution < -0.4 is 5.32 Å². The summed E-state index contributed by atoms with van der Waals surface area (Å²) in [5, 5.41) is 7.54. The van der Waals surface area contributed by atoms with Gasteiger partial charge in [-0.1, -0.05) is 0 Å². The van der Waals surface area contributed by atoms with E-state index in [1.165, 1.54) is 5.56 Å². The van der Waals surface area contributed by atoms with Crippen molar-refractivity contribution in [2.24, 2.45) is 18.0 Å². The molecule has 1 fully saturated rings. The Balaban J connectivity index is 1.94. The average molecular weight is 384 g/mol. The van der Waals surface area contributed by atoms with Crippen molar-refractivity contribution in [2.75, 3.05) is 31.9 Å². The fourth-order valence-electron chi connectivity index (χ4n) is 3.11. The van der Waals surface area contributed by atoms with E-state index in [9.17, 15) is 8.42 Å². The Morgan fingerprint density at radius 2 is 2.15 bits per heavy atom. The van der Waals surface area contributed by atoms with E-state index >= 15 is 0 Å². The molecule has 2 rings (SSSR count). The molecule has 0 aromatic carbocycles. The fraction of sp³-hybridized carbons (Fsp3) is 0.778. The Labute approximate surface area is 157 Å². The number of aryl methyl sites for hydroxylation is 1. The number of guanidine groups is 1. The normalized spacial score (nSPS) is 19.2. The molecule has 0 amide bonds. The summed E-state index contributed by atoms with van der Waals surface area (Å²) in [5.74, 6) is 1.48. The quantitative estimate of drug-likeness (QED) is 0.594. The molecule has 1 saturated heterocycles. The van der Waals surface area contributed by atoms with Gasteiger partial charge < -0.3 is 10.2 Å². The highest BCUT2D eigenvalue weighted by atomic mass is 32.2. The molecule has 1 aromatic heterocycles. The summed E-state index contributed by atoms with van der Waals surface area (Å²) in [4.78, 5) is 6.82. The first-order valence-corrected chi connectivity index (χ1v) is 11.0. The fourth-order valence-corrected chi connectivity index (χ4v) is 4.05. The number of hydrogen-bond donors (Lipinski definition) is 1. The van der Waals surface area contributed by atoms with E-state index in [-0.39, 0.29) is 5.75 Å². The van der Waals surface area contributed by atoms with Gasteiger partial charge in [0.15, 0.2) is 15.8 Å². The van der Waals surface area contributed by atoms with Gasteiger partial charge in [-0.3, -0.25) is 9.67 Å². The second-order valence-electron chi connectivity index (χ2n) is 7.99. The van der Waals surface area contributed by atoms with Crippen molar-refractivity contribution in [2.45, 2.75) is 45.3 Å². The van der Waals surface area contributed by atoms with Gasteiger partial charge in [-0.25, -0.2) is 8.42 Å². The van der Waals surface area contributed by atoms with Gasteiger partial charge in [0.1, 0.15) is 0 Å². The topological polar surface area (TPSA) is 79.6 Å². The molecular formula is C18H33N5O2S. The van der Waals surface area contributed by atoms with Gasteiger partial charge >= 0.3 is 0 Å².